The molecule has 29 heavy (non-hydrogen) atoms. The standard InChI is InChI=1S/C24H27N3OS/c1-17-9-8-10-18(2)24(17)27-19(3)15-21(20(27)4)16-25-26-23(28)13-14-29-22-11-6-5-7-12-22/h5-12,15-16H,13-14H2,1-4H3,(H,26,28)/b25-16-. The summed E-state index contributed by atoms with van der Waals surface area (Å²) in [7, 11) is 0. The van der Waals surface area contributed by atoms with E-state index >= 15 is 0 Å². The van der Waals surface area contributed by atoms with Gasteiger partial charge in [-0.3, -0.25) is 4.79 Å². The number of aromatic nitrogens is 1. The second kappa shape index (κ2) is 9.61. The molecule has 0 unspecified atom stereocenters. The van der Waals surface area contributed by atoms with Crippen molar-refractivity contribution in [1.82, 2.24) is 9.99 Å². The van der Waals surface area contributed by atoms with Crippen molar-refractivity contribution in [3.05, 3.63) is 82.7 Å². The number of thioether (sulfide) groups is 1. The van der Waals surface area contributed by atoms with Gasteiger partial charge in [0.15, 0.2) is 0 Å². The number of para-hydroxylation sites is 1. The van der Waals surface area contributed by atoms with Crippen molar-refractivity contribution in [3.8, 4) is 5.69 Å². The third-order valence-electron chi connectivity index (χ3n) is 4.87. The molecule has 0 saturated carbocycles. The Labute approximate surface area is 177 Å². The number of hydrogen-bond acceptors (Lipinski definition) is 3. The number of carbonyl (C=O) groups is 1. The van der Waals surface area contributed by atoms with Crippen molar-refractivity contribution < 1.29 is 4.79 Å². The Hall–Kier alpha value is -2.79. The van der Waals surface area contributed by atoms with Crippen molar-refractivity contribution in [2.24, 2.45) is 5.10 Å². The molecule has 1 heterocycles. The molecule has 0 aliphatic heterocycles. The first kappa shape index (κ1) is 20.9. The molecule has 1 amide bonds. The lowest BCUT2D eigenvalue weighted by Crippen LogP contribution is -2.17. The van der Waals surface area contributed by atoms with Gasteiger partial charge in [-0.25, -0.2) is 5.43 Å². The van der Waals surface area contributed by atoms with Crippen LogP contribution in [0.15, 0.2) is 64.6 Å². The lowest BCUT2D eigenvalue weighted by Gasteiger charge is -2.15. The maximum absolute atomic E-state index is 12.0. The summed E-state index contributed by atoms with van der Waals surface area (Å²) in [6, 6.07) is 18.5. The van der Waals surface area contributed by atoms with E-state index in [9.17, 15) is 4.79 Å². The van der Waals surface area contributed by atoms with Crippen LogP contribution in [0.25, 0.3) is 5.69 Å². The van der Waals surface area contributed by atoms with Gasteiger partial charge < -0.3 is 4.57 Å². The molecule has 0 bridgehead atoms. The van der Waals surface area contributed by atoms with E-state index in [1.807, 2.05) is 30.3 Å². The number of amides is 1. The molecule has 0 aliphatic carbocycles. The summed E-state index contributed by atoms with van der Waals surface area (Å²) in [6.07, 6.45) is 2.16. The first-order chi connectivity index (χ1) is 14.0. The first-order valence-corrected chi connectivity index (χ1v) is 10.7. The zero-order valence-corrected chi connectivity index (χ0v) is 18.2. The summed E-state index contributed by atoms with van der Waals surface area (Å²) in [5.74, 6) is 0.653. The van der Waals surface area contributed by atoms with Crippen LogP contribution in [-0.4, -0.2) is 22.4 Å². The topological polar surface area (TPSA) is 46.4 Å². The van der Waals surface area contributed by atoms with E-state index in [1.165, 1.54) is 21.7 Å². The van der Waals surface area contributed by atoms with Gasteiger partial charge in [-0.05, 0) is 57.0 Å². The van der Waals surface area contributed by atoms with Gasteiger partial charge in [-0.2, -0.15) is 5.10 Å². The van der Waals surface area contributed by atoms with Gasteiger partial charge >= 0.3 is 0 Å². The minimum absolute atomic E-state index is 0.0757. The van der Waals surface area contributed by atoms with Crippen LogP contribution in [0.5, 0.6) is 0 Å². The molecule has 1 N–H and O–H groups in total. The molecular weight excluding hydrogens is 378 g/mol. The van der Waals surface area contributed by atoms with Crippen molar-refractivity contribution in [2.45, 2.75) is 39.0 Å². The van der Waals surface area contributed by atoms with Crippen LogP contribution in [-0.2, 0) is 4.79 Å². The van der Waals surface area contributed by atoms with Crippen LogP contribution >= 0.6 is 11.8 Å². The van der Waals surface area contributed by atoms with E-state index in [0.29, 0.717) is 6.42 Å². The van der Waals surface area contributed by atoms with Crippen molar-refractivity contribution >= 4 is 23.9 Å². The van der Waals surface area contributed by atoms with Crippen molar-refractivity contribution in [2.75, 3.05) is 5.75 Å². The molecule has 0 radical (unpaired) electrons. The van der Waals surface area contributed by atoms with E-state index in [2.05, 4.69) is 67.1 Å². The number of benzene rings is 2. The van der Waals surface area contributed by atoms with Gasteiger partial charge in [-0.15, -0.1) is 11.8 Å². The maximum Gasteiger partial charge on any atom is 0.240 e. The number of carbonyl (C=O) groups excluding carboxylic acids is 1. The van der Waals surface area contributed by atoms with Gasteiger partial charge in [-0.1, -0.05) is 36.4 Å². The molecule has 0 spiro atoms. The minimum Gasteiger partial charge on any atom is -0.317 e. The van der Waals surface area contributed by atoms with Gasteiger partial charge in [0.25, 0.3) is 0 Å². The zero-order chi connectivity index (χ0) is 20.8. The first-order valence-electron chi connectivity index (χ1n) is 9.72. The lowest BCUT2D eigenvalue weighted by atomic mass is 10.1. The Morgan fingerprint density at radius 1 is 1.03 bits per heavy atom. The van der Waals surface area contributed by atoms with Gasteiger partial charge in [0.1, 0.15) is 0 Å². The summed E-state index contributed by atoms with van der Waals surface area (Å²) in [5, 5.41) is 4.17. The average molecular weight is 406 g/mol. The van der Waals surface area contributed by atoms with Crippen LogP contribution in [0.2, 0.25) is 0 Å². The SMILES string of the molecule is Cc1cccc(C)c1-n1c(C)cc(/C=N\NC(=O)CCSc2ccccc2)c1C. The number of rotatable bonds is 7. The normalized spacial score (nSPS) is 11.2. The summed E-state index contributed by atoms with van der Waals surface area (Å²) >= 11 is 1.67. The second-order valence-corrected chi connectivity index (χ2v) is 8.28. The fourth-order valence-electron chi connectivity index (χ4n) is 3.43. The minimum atomic E-state index is -0.0757. The Morgan fingerprint density at radius 2 is 1.72 bits per heavy atom. The number of nitrogens with one attached hydrogen (secondary N) is 1. The van der Waals surface area contributed by atoms with Crippen LogP contribution in [0.4, 0.5) is 0 Å². The smallest absolute Gasteiger partial charge is 0.240 e. The second-order valence-electron chi connectivity index (χ2n) is 7.11. The van der Waals surface area contributed by atoms with E-state index in [4.69, 9.17) is 0 Å². The molecule has 5 heteroatoms. The Kier molecular flexibility index (Phi) is 6.94. The third kappa shape index (κ3) is 5.18. The Morgan fingerprint density at radius 3 is 2.41 bits per heavy atom. The van der Waals surface area contributed by atoms with Crippen molar-refractivity contribution in [1.29, 1.82) is 0 Å². The van der Waals surface area contributed by atoms with E-state index in [0.717, 1.165) is 22.7 Å². The van der Waals surface area contributed by atoms with Gasteiger partial charge in [0.05, 0.1) is 11.9 Å². The van der Waals surface area contributed by atoms with E-state index < -0.39 is 0 Å². The number of hydrogen-bond donors (Lipinski definition) is 1. The summed E-state index contributed by atoms with van der Waals surface area (Å²) in [4.78, 5) is 13.2. The largest absolute Gasteiger partial charge is 0.317 e. The van der Waals surface area contributed by atoms with Crippen LogP contribution in [0.3, 0.4) is 0 Å². The fourth-order valence-corrected chi connectivity index (χ4v) is 4.30. The highest BCUT2D eigenvalue weighted by atomic mass is 32.2. The molecular formula is C24H27N3OS. The van der Waals surface area contributed by atoms with E-state index in [1.54, 1.807) is 18.0 Å². The Bertz CT molecular complexity index is 1000. The molecule has 150 valence electrons. The number of aryl methyl sites for hydroxylation is 3. The predicted molar refractivity (Wildman–Crippen MR) is 122 cm³/mol. The molecule has 3 aromatic rings. The Balaban J connectivity index is 1.62. The highest BCUT2D eigenvalue weighted by molar-refractivity contribution is 7.99. The molecule has 4 nitrogen and oxygen atoms in total. The van der Waals surface area contributed by atoms with Crippen LogP contribution < -0.4 is 5.43 Å². The molecule has 0 saturated heterocycles. The molecule has 0 atom stereocenters. The van der Waals surface area contributed by atoms with Gasteiger partial charge in [0.2, 0.25) is 5.91 Å². The maximum atomic E-state index is 12.0. The van der Waals surface area contributed by atoms with Crippen LogP contribution in [0.1, 0.15) is 34.5 Å². The fraction of sp³-hybridized carbons (Fsp3) is 0.250. The van der Waals surface area contributed by atoms with Crippen LogP contribution in [0, 0.1) is 27.7 Å². The number of nitrogens with zero attached hydrogens (tertiary/aromatic N) is 2. The molecule has 0 aliphatic rings. The lowest BCUT2D eigenvalue weighted by molar-refractivity contribution is -0.120. The zero-order valence-electron chi connectivity index (χ0n) is 17.4. The highest BCUT2D eigenvalue weighted by Crippen LogP contribution is 2.25. The molecule has 0 fully saturated rings. The summed E-state index contributed by atoms with van der Waals surface area (Å²) in [5.41, 5.74) is 9.59. The molecule has 3 rings (SSSR count). The predicted octanol–water partition coefficient (Wildman–Crippen LogP) is 5.34. The summed E-state index contributed by atoms with van der Waals surface area (Å²) in [6.45, 7) is 8.43. The third-order valence-corrected chi connectivity index (χ3v) is 5.88. The summed E-state index contributed by atoms with van der Waals surface area (Å²) < 4.78 is 2.25. The molecule has 1 aromatic heterocycles. The van der Waals surface area contributed by atoms with Crippen molar-refractivity contribution in [3.63, 3.8) is 0 Å². The quantitative estimate of drug-likeness (QED) is 0.327. The van der Waals surface area contributed by atoms with Gasteiger partial charge in [0, 0.05) is 34.0 Å². The molecule has 2 aromatic carbocycles. The monoisotopic (exact) mass is 405 g/mol. The highest BCUT2D eigenvalue weighted by Gasteiger charge is 2.13. The number of hydrazone groups is 1. The average Bonchev–Trinajstić information content (AvgIpc) is 2.97. The van der Waals surface area contributed by atoms with E-state index in [-0.39, 0.29) is 5.91 Å².